The molecule has 0 saturated heterocycles. The monoisotopic (exact) mass is 194 g/mol. The first-order chi connectivity index (χ1) is 6.69. The Balaban J connectivity index is 2.89. The van der Waals surface area contributed by atoms with Crippen molar-refractivity contribution >= 4 is 5.69 Å². The molecule has 0 aliphatic rings. The number of nitrogens with zero attached hydrogens (tertiary/aromatic N) is 2. The summed E-state index contributed by atoms with van der Waals surface area (Å²) in [6.07, 6.45) is 0.949. The molecule has 0 amide bonds. The highest BCUT2D eigenvalue weighted by Gasteiger charge is 2.13. The van der Waals surface area contributed by atoms with E-state index >= 15 is 0 Å². The number of rotatable bonds is 4. The van der Waals surface area contributed by atoms with Gasteiger partial charge in [-0.3, -0.25) is 0 Å². The molecule has 0 aliphatic carbocycles. The van der Waals surface area contributed by atoms with Crippen LogP contribution in [0.4, 0.5) is 5.69 Å². The average molecular weight is 194 g/mol. The number of anilines is 1. The molecule has 0 N–H and O–H groups in total. The number of hydrogen-bond donors (Lipinski definition) is 0. The second-order valence-electron chi connectivity index (χ2n) is 2.97. The maximum Gasteiger partial charge on any atom is 0.165 e. The van der Waals surface area contributed by atoms with Crippen LogP contribution in [-0.4, -0.2) is 11.6 Å². The molecule has 1 aromatic rings. The molecule has 0 heterocycles. The molecule has 0 unspecified atom stereocenters. The fraction of sp³-hybridized carbons (Fsp3) is 0.400. The second kappa shape index (κ2) is 4.60. The van der Waals surface area contributed by atoms with Gasteiger partial charge in [0.15, 0.2) is 5.03 Å². The molecular formula is C10H14N2O2. The first-order valence-corrected chi connectivity index (χ1v) is 4.69. The summed E-state index contributed by atoms with van der Waals surface area (Å²) < 4.78 is 0. The maximum atomic E-state index is 10.6. The number of hydrogen-bond acceptors (Lipinski definition) is 2. The Hall–Kier alpha value is -1.58. The number of aryl methyl sites for hydroxylation is 1. The van der Waals surface area contributed by atoms with E-state index in [0.717, 1.165) is 11.4 Å². The lowest BCUT2D eigenvalue weighted by Gasteiger charge is -2.11. The molecule has 0 spiro atoms. The van der Waals surface area contributed by atoms with Gasteiger partial charge in [-0.25, -0.2) is 10.1 Å². The molecule has 4 heteroatoms. The van der Waals surface area contributed by atoms with Crippen LogP contribution in [0.2, 0.25) is 0 Å². The van der Waals surface area contributed by atoms with Gasteiger partial charge in [-0.1, -0.05) is 24.1 Å². The molecule has 0 bridgehead atoms. The van der Waals surface area contributed by atoms with Crippen molar-refractivity contribution in [3.8, 4) is 0 Å². The van der Waals surface area contributed by atoms with Crippen molar-refractivity contribution in [1.82, 2.24) is 0 Å². The van der Waals surface area contributed by atoms with Crippen molar-refractivity contribution in [2.24, 2.45) is 0 Å². The van der Waals surface area contributed by atoms with Crippen LogP contribution in [0.5, 0.6) is 0 Å². The van der Waals surface area contributed by atoms with Crippen molar-refractivity contribution in [2.75, 3.05) is 11.6 Å². The Morgan fingerprint density at radius 3 is 2.21 bits per heavy atom. The van der Waals surface area contributed by atoms with E-state index in [1.54, 1.807) is 19.1 Å². The van der Waals surface area contributed by atoms with E-state index in [9.17, 15) is 10.1 Å². The summed E-state index contributed by atoms with van der Waals surface area (Å²) in [7, 11) is 0. The molecular weight excluding hydrogens is 180 g/mol. The van der Waals surface area contributed by atoms with Crippen molar-refractivity contribution in [1.29, 1.82) is 0 Å². The normalized spacial score (nSPS) is 9.86. The molecule has 4 nitrogen and oxygen atoms in total. The van der Waals surface area contributed by atoms with E-state index < -0.39 is 0 Å². The minimum Gasteiger partial charge on any atom is -0.234 e. The Morgan fingerprint density at radius 1 is 1.29 bits per heavy atom. The first-order valence-electron chi connectivity index (χ1n) is 4.69. The number of hydrazine groups is 1. The van der Waals surface area contributed by atoms with Crippen LogP contribution in [0, 0.1) is 10.1 Å². The summed E-state index contributed by atoms with van der Waals surface area (Å²) >= 11 is 0. The third-order valence-corrected chi connectivity index (χ3v) is 2.14. The van der Waals surface area contributed by atoms with Gasteiger partial charge in [-0.2, -0.15) is 0 Å². The van der Waals surface area contributed by atoms with Crippen molar-refractivity contribution < 1.29 is 5.03 Å². The number of benzene rings is 1. The fourth-order valence-corrected chi connectivity index (χ4v) is 1.30. The zero-order valence-electron chi connectivity index (χ0n) is 8.43. The van der Waals surface area contributed by atoms with Gasteiger partial charge < -0.3 is 0 Å². The lowest BCUT2D eigenvalue weighted by molar-refractivity contribution is -0.494. The van der Waals surface area contributed by atoms with E-state index in [2.05, 4.69) is 6.92 Å². The summed E-state index contributed by atoms with van der Waals surface area (Å²) in [6.45, 7) is 4.19. The van der Waals surface area contributed by atoms with Crippen LogP contribution in [0.1, 0.15) is 19.4 Å². The van der Waals surface area contributed by atoms with E-state index in [-0.39, 0.29) is 5.03 Å². The van der Waals surface area contributed by atoms with Gasteiger partial charge in [0.05, 0.1) is 6.54 Å². The topological polar surface area (TPSA) is 46.4 Å². The lowest BCUT2D eigenvalue weighted by Crippen LogP contribution is -2.29. The quantitative estimate of drug-likeness (QED) is 0.545. The van der Waals surface area contributed by atoms with Gasteiger partial charge in [-0.05, 0) is 31.0 Å². The molecule has 76 valence electrons. The van der Waals surface area contributed by atoms with E-state index in [1.165, 1.54) is 5.56 Å². The molecule has 1 rings (SSSR count). The van der Waals surface area contributed by atoms with Crippen molar-refractivity contribution in [2.45, 2.75) is 20.3 Å². The van der Waals surface area contributed by atoms with Gasteiger partial charge in [0.2, 0.25) is 0 Å². The van der Waals surface area contributed by atoms with E-state index in [0.29, 0.717) is 12.2 Å². The zero-order chi connectivity index (χ0) is 10.6. The standard InChI is InChI=1S/C10H14N2O2/c1-3-9-5-7-10(8-6-9)11(4-2)12(13)14/h5-8H,3-4H2,1-2H3. The second-order valence-corrected chi connectivity index (χ2v) is 2.97. The molecule has 0 radical (unpaired) electrons. The van der Waals surface area contributed by atoms with Crippen LogP contribution >= 0.6 is 0 Å². The third kappa shape index (κ3) is 2.22. The van der Waals surface area contributed by atoms with Gasteiger partial charge >= 0.3 is 0 Å². The summed E-state index contributed by atoms with van der Waals surface area (Å²) in [5.74, 6) is 0. The van der Waals surface area contributed by atoms with Crippen LogP contribution in [0.15, 0.2) is 24.3 Å². The van der Waals surface area contributed by atoms with Gasteiger partial charge in [0, 0.05) is 0 Å². The molecule has 0 aliphatic heterocycles. The molecule has 0 saturated carbocycles. The highest BCUT2D eigenvalue weighted by molar-refractivity contribution is 5.44. The van der Waals surface area contributed by atoms with Crippen LogP contribution in [-0.2, 0) is 6.42 Å². The van der Waals surface area contributed by atoms with E-state index in [4.69, 9.17) is 0 Å². The smallest absolute Gasteiger partial charge is 0.165 e. The maximum absolute atomic E-state index is 10.6. The van der Waals surface area contributed by atoms with E-state index in [1.807, 2.05) is 12.1 Å². The van der Waals surface area contributed by atoms with Crippen LogP contribution in [0.3, 0.4) is 0 Å². The zero-order valence-corrected chi connectivity index (χ0v) is 8.43. The van der Waals surface area contributed by atoms with Crippen LogP contribution < -0.4 is 5.01 Å². The number of nitro groups is 1. The summed E-state index contributed by atoms with van der Waals surface area (Å²) in [5.41, 5.74) is 1.82. The Morgan fingerprint density at radius 2 is 1.86 bits per heavy atom. The summed E-state index contributed by atoms with van der Waals surface area (Å²) in [6, 6.07) is 7.40. The largest absolute Gasteiger partial charge is 0.234 e. The minimum atomic E-state index is -0.388. The Kier molecular flexibility index (Phi) is 3.45. The Bertz CT molecular complexity index is 308. The minimum absolute atomic E-state index is 0.373. The van der Waals surface area contributed by atoms with Crippen molar-refractivity contribution in [3.63, 3.8) is 0 Å². The third-order valence-electron chi connectivity index (χ3n) is 2.14. The van der Waals surface area contributed by atoms with Crippen LogP contribution in [0.25, 0.3) is 0 Å². The highest BCUT2D eigenvalue weighted by atomic mass is 16.7. The molecule has 0 atom stereocenters. The average Bonchev–Trinajstić information content (AvgIpc) is 2.19. The predicted molar refractivity (Wildman–Crippen MR) is 55.8 cm³/mol. The predicted octanol–water partition coefficient (Wildman–Crippen LogP) is 2.27. The summed E-state index contributed by atoms with van der Waals surface area (Å²) in [5, 5.41) is 11.4. The SMILES string of the molecule is CCc1ccc(N(CC)[N+](=O)[O-])cc1. The van der Waals surface area contributed by atoms with Gasteiger partial charge in [0.25, 0.3) is 0 Å². The molecule has 0 aromatic heterocycles. The Labute approximate surface area is 83.3 Å². The molecule has 1 aromatic carbocycles. The van der Waals surface area contributed by atoms with Gasteiger partial charge in [0.1, 0.15) is 5.69 Å². The van der Waals surface area contributed by atoms with Gasteiger partial charge in [-0.15, -0.1) is 0 Å². The highest BCUT2D eigenvalue weighted by Crippen LogP contribution is 2.15. The fourth-order valence-electron chi connectivity index (χ4n) is 1.30. The molecule has 0 fully saturated rings. The van der Waals surface area contributed by atoms with Crippen molar-refractivity contribution in [3.05, 3.63) is 39.9 Å². The molecule has 14 heavy (non-hydrogen) atoms. The lowest BCUT2D eigenvalue weighted by atomic mass is 10.1. The summed E-state index contributed by atoms with van der Waals surface area (Å²) in [4.78, 5) is 10.6. The first kappa shape index (κ1) is 10.5.